The lowest BCUT2D eigenvalue weighted by Gasteiger charge is -2.30. The molecule has 1 saturated heterocycles. The fraction of sp³-hybridized carbons (Fsp3) is 0.571. The molecule has 0 radical (unpaired) electrons. The van der Waals surface area contributed by atoms with Gasteiger partial charge < -0.3 is 4.74 Å². The molecular formula is C14H19N3O2S2. The summed E-state index contributed by atoms with van der Waals surface area (Å²) in [5, 5.41) is 3.44. The molecule has 1 aliphatic heterocycles. The van der Waals surface area contributed by atoms with Crippen molar-refractivity contribution in [1.29, 1.82) is 0 Å². The maximum Gasteiger partial charge on any atom is 0.262 e. The molecule has 0 bridgehead atoms. The van der Waals surface area contributed by atoms with Gasteiger partial charge in [-0.3, -0.25) is 14.3 Å². The number of fused-ring (bicyclic) bond motifs is 1. The summed E-state index contributed by atoms with van der Waals surface area (Å²) >= 11 is 3.17. The summed E-state index contributed by atoms with van der Waals surface area (Å²) in [6.07, 6.45) is 0.314. The number of hydrogen-bond acceptors (Lipinski definition) is 6. The molecule has 5 nitrogen and oxygen atoms in total. The highest BCUT2D eigenvalue weighted by atomic mass is 32.2. The molecule has 2 aromatic rings. The Morgan fingerprint density at radius 3 is 3.24 bits per heavy atom. The summed E-state index contributed by atoms with van der Waals surface area (Å²) in [4.78, 5) is 20.0. The predicted molar refractivity (Wildman–Crippen MR) is 87.4 cm³/mol. The van der Waals surface area contributed by atoms with Crippen LogP contribution in [0.2, 0.25) is 0 Å². The van der Waals surface area contributed by atoms with Crippen molar-refractivity contribution in [2.75, 3.05) is 32.0 Å². The molecular weight excluding hydrogens is 306 g/mol. The van der Waals surface area contributed by atoms with Crippen LogP contribution in [0.4, 0.5) is 0 Å². The minimum Gasteiger partial charge on any atom is -0.376 e. The second kappa shape index (κ2) is 6.48. The van der Waals surface area contributed by atoms with Gasteiger partial charge in [0.2, 0.25) is 0 Å². The highest BCUT2D eigenvalue weighted by molar-refractivity contribution is 7.99. The number of thiophene rings is 1. The number of nitrogens with zero attached hydrogens (tertiary/aromatic N) is 3. The fourth-order valence-corrected chi connectivity index (χ4v) is 4.25. The maximum atomic E-state index is 12.2. The van der Waals surface area contributed by atoms with Crippen LogP contribution in [-0.2, 0) is 11.8 Å². The molecule has 3 rings (SSSR count). The first-order valence-corrected chi connectivity index (χ1v) is 8.92. The summed E-state index contributed by atoms with van der Waals surface area (Å²) in [5.41, 5.74) is 0.0451. The molecule has 7 heteroatoms. The zero-order valence-electron chi connectivity index (χ0n) is 12.2. The van der Waals surface area contributed by atoms with E-state index in [9.17, 15) is 4.79 Å². The quantitative estimate of drug-likeness (QED) is 0.634. The second-order valence-electron chi connectivity index (χ2n) is 5.23. The minimum atomic E-state index is 0.0451. The average molecular weight is 325 g/mol. The third kappa shape index (κ3) is 3.31. The Kier molecular flexibility index (Phi) is 4.63. The van der Waals surface area contributed by atoms with Gasteiger partial charge in [-0.2, -0.15) is 0 Å². The molecule has 3 heterocycles. The van der Waals surface area contributed by atoms with E-state index < -0.39 is 0 Å². The molecule has 2 aromatic heterocycles. The minimum absolute atomic E-state index is 0.0451. The van der Waals surface area contributed by atoms with Gasteiger partial charge in [0.05, 0.1) is 18.1 Å². The number of hydrogen-bond donors (Lipinski definition) is 0. The highest BCUT2D eigenvalue weighted by Crippen LogP contribution is 2.20. The Morgan fingerprint density at radius 2 is 2.43 bits per heavy atom. The van der Waals surface area contributed by atoms with Crippen LogP contribution < -0.4 is 5.56 Å². The summed E-state index contributed by atoms with van der Waals surface area (Å²) in [6.45, 7) is 5.88. The SMILES string of the molecule is C[C@H]1CN(CCSc2nc3sccc3c(=O)n2C)CCO1. The second-order valence-corrected chi connectivity index (χ2v) is 7.19. The Balaban J connectivity index is 1.65. The highest BCUT2D eigenvalue weighted by Gasteiger charge is 2.16. The molecule has 0 N–H and O–H groups in total. The number of morpholine rings is 1. The van der Waals surface area contributed by atoms with Gasteiger partial charge in [0, 0.05) is 32.4 Å². The zero-order chi connectivity index (χ0) is 14.8. The van der Waals surface area contributed by atoms with E-state index in [1.807, 2.05) is 11.4 Å². The van der Waals surface area contributed by atoms with E-state index >= 15 is 0 Å². The average Bonchev–Trinajstić information content (AvgIpc) is 2.93. The molecule has 0 spiro atoms. The summed E-state index contributed by atoms with van der Waals surface area (Å²) in [7, 11) is 1.80. The van der Waals surface area contributed by atoms with Crippen LogP contribution in [0.15, 0.2) is 21.4 Å². The smallest absolute Gasteiger partial charge is 0.262 e. The molecule has 21 heavy (non-hydrogen) atoms. The molecule has 0 aliphatic carbocycles. The van der Waals surface area contributed by atoms with Crippen LogP contribution in [0.1, 0.15) is 6.92 Å². The first kappa shape index (κ1) is 15.0. The van der Waals surface area contributed by atoms with Crippen LogP contribution >= 0.6 is 23.1 Å². The van der Waals surface area contributed by atoms with Crippen LogP contribution in [0.3, 0.4) is 0 Å². The number of ether oxygens (including phenoxy) is 1. The predicted octanol–water partition coefficient (Wildman–Crippen LogP) is 1.81. The Morgan fingerprint density at radius 1 is 1.57 bits per heavy atom. The van der Waals surface area contributed by atoms with Gasteiger partial charge in [-0.25, -0.2) is 4.98 Å². The fourth-order valence-electron chi connectivity index (χ4n) is 2.47. The third-order valence-corrected chi connectivity index (χ3v) is 5.44. The van der Waals surface area contributed by atoms with E-state index in [-0.39, 0.29) is 5.56 Å². The maximum absolute atomic E-state index is 12.2. The van der Waals surface area contributed by atoms with Gasteiger partial charge in [-0.05, 0) is 18.4 Å². The van der Waals surface area contributed by atoms with Gasteiger partial charge >= 0.3 is 0 Å². The van der Waals surface area contributed by atoms with Crippen LogP contribution in [0.5, 0.6) is 0 Å². The van der Waals surface area contributed by atoms with Crippen LogP contribution in [0, 0.1) is 0 Å². The Hall–Kier alpha value is -0.890. The lowest BCUT2D eigenvalue weighted by Crippen LogP contribution is -2.42. The molecule has 1 fully saturated rings. The van der Waals surface area contributed by atoms with E-state index in [1.165, 1.54) is 11.3 Å². The normalized spacial score (nSPS) is 20.2. The van der Waals surface area contributed by atoms with Crippen molar-refractivity contribution in [3.63, 3.8) is 0 Å². The largest absolute Gasteiger partial charge is 0.376 e. The zero-order valence-corrected chi connectivity index (χ0v) is 13.9. The monoisotopic (exact) mass is 325 g/mol. The Labute approximate surface area is 131 Å². The van der Waals surface area contributed by atoms with Gasteiger partial charge in [-0.15, -0.1) is 11.3 Å². The van der Waals surface area contributed by atoms with Gasteiger partial charge in [-0.1, -0.05) is 11.8 Å². The summed E-state index contributed by atoms with van der Waals surface area (Å²) < 4.78 is 7.20. The molecule has 1 atom stereocenters. The van der Waals surface area contributed by atoms with Gasteiger partial charge in [0.15, 0.2) is 5.16 Å². The number of thioether (sulfide) groups is 1. The molecule has 0 aromatic carbocycles. The van der Waals surface area contributed by atoms with Crippen molar-refractivity contribution < 1.29 is 4.74 Å². The first-order chi connectivity index (χ1) is 10.1. The molecule has 114 valence electrons. The van der Waals surface area contributed by atoms with Gasteiger partial charge in [0.25, 0.3) is 5.56 Å². The Bertz CT molecular complexity index is 682. The van der Waals surface area contributed by atoms with E-state index in [2.05, 4.69) is 16.8 Å². The topological polar surface area (TPSA) is 47.4 Å². The van der Waals surface area contributed by atoms with Crippen molar-refractivity contribution in [3.05, 3.63) is 21.8 Å². The number of rotatable bonds is 4. The van der Waals surface area contributed by atoms with Crippen molar-refractivity contribution >= 4 is 33.3 Å². The molecule has 1 aliphatic rings. The lowest BCUT2D eigenvalue weighted by atomic mass is 10.3. The van der Waals surface area contributed by atoms with Crippen molar-refractivity contribution in [2.45, 2.75) is 18.2 Å². The standard InChI is InChI=1S/C14H19N3O2S2/c1-10-9-17(4-6-19-10)5-8-21-14-15-12-11(3-7-20-12)13(18)16(14)2/h3,7,10H,4-6,8-9H2,1-2H3/t10-/m0/s1. The number of aromatic nitrogens is 2. The van der Waals surface area contributed by atoms with E-state index in [0.29, 0.717) is 11.5 Å². The third-order valence-electron chi connectivity index (χ3n) is 3.63. The first-order valence-electron chi connectivity index (χ1n) is 7.06. The van der Waals surface area contributed by atoms with Crippen LogP contribution in [-0.4, -0.2) is 52.5 Å². The van der Waals surface area contributed by atoms with Crippen molar-refractivity contribution in [3.8, 4) is 0 Å². The molecule has 0 unspecified atom stereocenters. The van der Waals surface area contributed by atoms with E-state index in [4.69, 9.17) is 4.74 Å². The molecule has 0 saturated carbocycles. The molecule has 0 amide bonds. The van der Waals surface area contributed by atoms with Gasteiger partial charge in [0.1, 0.15) is 4.83 Å². The van der Waals surface area contributed by atoms with Crippen molar-refractivity contribution in [2.24, 2.45) is 7.05 Å². The summed E-state index contributed by atoms with van der Waals surface area (Å²) in [6, 6.07) is 1.85. The summed E-state index contributed by atoms with van der Waals surface area (Å²) in [5.74, 6) is 0.934. The lowest BCUT2D eigenvalue weighted by molar-refractivity contribution is -0.0158. The van der Waals surface area contributed by atoms with E-state index in [0.717, 1.165) is 42.0 Å². The van der Waals surface area contributed by atoms with E-state index in [1.54, 1.807) is 23.4 Å². The van der Waals surface area contributed by atoms with Crippen LogP contribution in [0.25, 0.3) is 10.2 Å². The van der Waals surface area contributed by atoms with Crippen molar-refractivity contribution in [1.82, 2.24) is 14.5 Å².